The van der Waals surface area contributed by atoms with E-state index in [1.165, 1.54) is 11.6 Å². The first-order valence-corrected chi connectivity index (χ1v) is 5.05. The molecule has 0 saturated carbocycles. The van der Waals surface area contributed by atoms with Gasteiger partial charge in [-0.25, -0.2) is 0 Å². The number of hydrogen-bond donors (Lipinski definition) is 1. The van der Waals surface area contributed by atoms with E-state index in [0.717, 1.165) is 17.7 Å². The van der Waals surface area contributed by atoms with Crippen LogP contribution in [0, 0.1) is 0 Å². The minimum Gasteiger partial charge on any atom is -0.488 e. The third kappa shape index (κ3) is 1.16. The van der Waals surface area contributed by atoms with Crippen LogP contribution < -0.4 is 10.2 Å². The smallest absolute Gasteiger partial charge is 0.189 e. The maximum Gasteiger partial charge on any atom is 0.189 e. The van der Waals surface area contributed by atoms with Crippen molar-refractivity contribution >= 4 is 10.9 Å². The summed E-state index contributed by atoms with van der Waals surface area (Å²) in [5.74, 6) is 0.845. The molecule has 1 N–H and O–H groups in total. The Kier molecular flexibility index (Phi) is 1.63. The van der Waals surface area contributed by atoms with Crippen LogP contribution in [0.4, 0.5) is 0 Å². The molecule has 15 heavy (non-hydrogen) atoms. The molecule has 0 saturated heterocycles. The molecule has 1 aromatic carbocycles. The molecule has 1 aromatic heterocycles. The average Bonchev–Trinajstić information content (AvgIpc) is 2.59. The maximum absolute atomic E-state index is 11.6. The molecule has 3 rings (SSSR count). The molecule has 0 bridgehead atoms. The van der Waals surface area contributed by atoms with Crippen molar-refractivity contribution in [2.24, 2.45) is 0 Å². The Hall–Kier alpha value is -1.77. The molecule has 0 amide bonds. The highest BCUT2D eigenvalue weighted by molar-refractivity contribution is 5.86. The van der Waals surface area contributed by atoms with Gasteiger partial charge in [0, 0.05) is 29.6 Å². The van der Waals surface area contributed by atoms with Gasteiger partial charge in [-0.2, -0.15) is 0 Å². The van der Waals surface area contributed by atoms with Crippen molar-refractivity contribution in [2.45, 2.75) is 19.4 Å². The van der Waals surface area contributed by atoms with E-state index in [1.54, 1.807) is 6.20 Å². The largest absolute Gasteiger partial charge is 0.488 e. The summed E-state index contributed by atoms with van der Waals surface area (Å²) >= 11 is 0. The zero-order valence-electron chi connectivity index (χ0n) is 8.41. The van der Waals surface area contributed by atoms with Gasteiger partial charge in [-0.1, -0.05) is 6.07 Å². The van der Waals surface area contributed by atoms with Crippen LogP contribution in [0.15, 0.2) is 29.2 Å². The zero-order chi connectivity index (χ0) is 10.4. The van der Waals surface area contributed by atoms with Crippen LogP contribution in [-0.4, -0.2) is 11.1 Å². The number of benzene rings is 1. The number of aromatic nitrogens is 1. The number of H-pyrrole nitrogens is 1. The second-order valence-corrected chi connectivity index (χ2v) is 3.95. The van der Waals surface area contributed by atoms with Crippen LogP contribution in [-0.2, 0) is 6.42 Å². The lowest BCUT2D eigenvalue weighted by atomic mass is 10.1. The summed E-state index contributed by atoms with van der Waals surface area (Å²) < 4.78 is 5.70. The predicted octanol–water partition coefficient (Wildman–Crippen LogP) is 1.85. The van der Waals surface area contributed by atoms with E-state index in [0.29, 0.717) is 5.39 Å². The monoisotopic (exact) mass is 201 g/mol. The highest BCUT2D eigenvalue weighted by atomic mass is 16.5. The van der Waals surface area contributed by atoms with E-state index in [4.69, 9.17) is 4.74 Å². The Morgan fingerprint density at radius 3 is 3.13 bits per heavy atom. The van der Waals surface area contributed by atoms with E-state index in [1.807, 2.05) is 19.1 Å². The van der Waals surface area contributed by atoms with Crippen LogP contribution >= 0.6 is 0 Å². The van der Waals surface area contributed by atoms with E-state index in [2.05, 4.69) is 4.98 Å². The van der Waals surface area contributed by atoms with Crippen molar-refractivity contribution in [1.29, 1.82) is 0 Å². The normalized spacial score (nSPS) is 18.9. The quantitative estimate of drug-likeness (QED) is 0.706. The predicted molar refractivity (Wildman–Crippen MR) is 58.4 cm³/mol. The first kappa shape index (κ1) is 8.53. The maximum atomic E-state index is 11.6. The van der Waals surface area contributed by atoms with Crippen molar-refractivity contribution in [1.82, 2.24) is 4.98 Å². The minimum absolute atomic E-state index is 0.0368. The summed E-state index contributed by atoms with van der Waals surface area (Å²) in [4.78, 5) is 14.7. The Morgan fingerprint density at radius 1 is 1.40 bits per heavy atom. The Labute approximate surface area is 86.7 Å². The van der Waals surface area contributed by atoms with Crippen molar-refractivity contribution in [3.05, 3.63) is 40.2 Å². The van der Waals surface area contributed by atoms with E-state index >= 15 is 0 Å². The number of fused-ring (bicyclic) bond motifs is 3. The SMILES string of the molecule is CC1Cc2ccc3c(=O)cc[nH]c3c2O1. The summed E-state index contributed by atoms with van der Waals surface area (Å²) in [7, 11) is 0. The number of aromatic amines is 1. The second-order valence-electron chi connectivity index (χ2n) is 3.95. The lowest BCUT2D eigenvalue weighted by Crippen LogP contribution is -2.06. The second kappa shape index (κ2) is 2.86. The molecule has 2 aromatic rings. The lowest BCUT2D eigenvalue weighted by molar-refractivity contribution is 0.257. The lowest BCUT2D eigenvalue weighted by Gasteiger charge is -2.05. The summed E-state index contributed by atoms with van der Waals surface area (Å²) in [5, 5.41) is 0.699. The van der Waals surface area contributed by atoms with E-state index in [-0.39, 0.29) is 11.5 Å². The topological polar surface area (TPSA) is 42.1 Å². The van der Waals surface area contributed by atoms with Gasteiger partial charge in [0.1, 0.15) is 11.9 Å². The fraction of sp³-hybridized carbons (Fsp3) is 0.250. The Morgan fingerprint density at radius 2 is 2.27 bits per heavy atom. The van der Waals surface area contributed by atoms with Crippen LogP contribution in [0.5, 0.6) is 5.75 Å². The molecule has 0 spiro atoms. The van der Waals surface area contributed by atoms with Crippen LogP contribution in [0.2, 0.25) is 0 Å². The van der Waals surface area contributed by atoms with Gasteiger partial charge >= 0.3 is 0 Å². The van der Waals surface area contributed by atoms with Crippen LogP contribution in [0.25, 0.3) is 10.9 Å². The molecule has 3 nitrogen and oxygen atoms in total. The number of pyridine rings is 1. The number of nitrogens with one attached hydrogen (secondary N) is 1. The Bertz CT molecular complexity index is 586. The van der Waals surface area contributed by atoms with Gasteiger partial charge in [0.2, 0.25) is 0 Å². The molecule has 2 heterocycles. The molecule has 76 valence electrons. The molecular formula is C12H11NO2. The van der Waals surface area contributed by atoms with Crippen molar-refractivity contribution in [2.75, 3.05) is 0 Å². The fourth-order valence-electron chi connectivity index (χ4n) is 2.11. The molecule has 1 unspecified atom stereocenters. The van der Waals surface area contributed by atoms with Gasteiger partial charge in [0.05, 0.1) is 5.52 Å². The van der Waals surface area contributed by atoms with Crippen molar-refractivity contribution in [3.63, 3.8) is 0 Å². The molecule has 1 atom stereocenters. The third-order valence-electron chi connectivity index (χ3n) is 2.79. The molecular weight excluding hydrogens is 190 g/mol. The third-order valence-corrected chi connectivity index (χ3v) is 2.79. The highest BCUT2D eigenvalue weighted by Crippen LogP contribution is 2.33. The fourth-order valence-corrected chi connectivity index (χ4v) is 2.11. The van der Waals surface area contributed by atoms with Crippen LogP contribution in [0.3, 0.4) is 0 Å². The van der Waals surface area contributed by atoms with Gasteiger partial charge in [-0.3, -0.25) is 4.79 Å². The van der Waals surface area contributed by atoms with E-state index < -0.39 is 0 Å². The number of hydrogen-bond acceptors (Lipinski definition) is 2. The van der Waals surface area contributed by atoms with Crippen LogP contribution in [0.1, 0.15) is 12.5 Å². The van der Waals surface area contributed by atoms with Gasteiger partial charge < -0.3 is 9.72 Å². The Balaban J connectivity index is 2.41. The highest BCUT2D eigenvalue weighted by Gasteiger charge is 2.21. The van der Waals surface area contributed by atoms with Gasteiger partial charge in [-0.05, 0) is 13.0 Å². The average molecular weight is 201 g/mol. The minimum atomic E-state index is 0.0368. The number of ether oxygens (including phenoxy) is 1. The molecule has 0 radical (unpaired) electrons. The number of rotatable bonds is 0. The molecule has 3 heteroatoms. The van der Waals surface area contributed by atoms with Gasteiger partial charge in [0.25, 0.3) is 0 Å². The van der Waals surface area contributed by atoms with Crippen molar-refractivity contribution < 1.29 is 4.74 Å². The summed E-state index contributed by atoms with van der Waals surface area (Å²) in [6.45, 7) is 2.03. The van der Waals surface area contributed by atoms with Gasteiger partial charge in [-0.15, -0.1) is 0 Å². The molecule has 1 aliphatic rings. The van der Waals surface area contributed by atoms with E-state index in [9.17, 15) is 4.79 Å². The first-order chi connectivity index (χ1) is 7.25. The summed E-state index contributed by atoms with van der Waals surface area (Å²) in [5.41, 5.74) is 2.04. The van der Waals surface area contributed by atoms with Crippen molar-refractivity contribution in [3.8, 4) is 5.75 Å². The molecule has 0 aliphatic carbocycles. The standard InChI is InChI=1S/C12H11NO2/c1-7-6-8-2-3-9-10(14)4-5-13-11(9)12(8)15-7/h2-5,7H,6H2,1H3,(H,13,14). The first-order valence-electron chi connectivity index (χ1n) is 5.05. The molecule has 1 aliphatic heterocycles. The molecule has 0 fully saturated rings. The summed E-state index contributed by atoms with van der Waals surface area (Å²) in [6.07, 6.45) is 2.79. The zero-order valence-corrected chi connectivity index (χ0v) is 8.41. The van der Waals surface area contributed by atoms with Gasteiger partial charge in [0.15, 0.2) is 5.43 Å². The summed E-state index contributed by atoms with van der Waals surface area (Å²) in [6, 6.07) is 5.39.